The fraction of sp³-hybridized carbons (Fsp3) is 0.636. The number of aryl methyl sites for hydroxylation is 1. The van der Waals surface area contributed by atoms with Crippen LogP contribution in [0.1, 0.15) is 20.3 Å². The van der Waals surface area contributed by atoms with Crippen LogP contribution in [-0.2, 0) is 7.05 Å². The smallest absolute Gasteiger partial charge is 0.287 e. The third-order valence-electron chi connectivity index (χ3n) is 3.62. The Morgan fingerprint density at radius 3 is 2.82 bits per heavy atom. The predicted octanol–water partition coefficient (Wildman–Crippen LogP) is 1.00. The number of rotatable bonds is 2. The standard InChI is InChI=1S/C11H16ClN3O2/c1-11(2)7(4-8(11)16)14-6-5-13-15(3)10(17)9(6)12/h5,7-8,14,16H,4H2,1-3H3. The second kappa shape index (κ2) is 3.99. The molecule has 0 bridgehead atoms. The van der Waals surface area contributed by atoms with Gasteiger partial charge in [-0.05, 0) is 6.42 Å². The van der Waals surface area contributed by atoms with Crippen LogP contribution >= 0.6 is 11.6 Å². The van der Waals surface area contributed by atoms with E-state index in [1.54, 1.807) is 7.05 Å². The quantitative estimate of drug-likeness (QED) is 0.830. The van der Waals surface area contributed by atoms with Crippen LogP contribution in [-0.4, -0.2) is 27.0 Å². The Hall–Kier alpha value is -1.07. The molecule has 2 N–H and O–H groups in total. The largest absolute Gasteiger partial charge is 0.392 e. The molecule has 94 valence electrons. The zero-order chi connectivity index (χ0) is 12.8. The number of hydrogen-bond donors (Lipinski definition) is 2. The molecule has 1 heterocycles. The zero-order valence-electron chi connectivity index (χ0n) is 10.1. The van der Waals surface area contributed by atoms with Crippen molar-refractivity contribution in [3.05, 3.63) is 21.6 Å². The zero-order valence-corrected chi connectivity index (χ0v) is 10.8. The number of aliphatic hydroxyl groups is 1. The maximum Gasteiger partial charge on any atom is 0.287 e. The molecule has 2 unspecified atom stereocenters. The second-order valence-corrected chi connectivity index (χ2v) is 5.45. The summed E-state index contributed by atoms with van der Waals surface area (Å²) in [6.07, 6.45) is 1.86. The first-order valence-corrected chi connectivity index (χ1v) is 5.88. The molecular formula is C11H16ClN3O2. The molecule has 1 fully saturated rings. The van der Waals surface area contributed by atoms with Gasteiger partial charge in [0.1, 0.15) is 5.02 Å². The van der Waals surface area contributed by atoms with Gasteiger partial charge in [0.05, 0.1) is 18.0 Å². The van der Waals surface area contributed by atoms with Crippen molar-refractivity contribution in [3.63, 3.8) is 0 Å². The van der Waals surface area contributed by atoms with Crippen molar-refractivity contribution in [2.24, 2.45) is 12.5 Å². The molecule has 2 rings (SSSR count). The van der Waals surface area contributed by atoms with E-state index in [1.807, 2.05) is 13.8 Å². The lowest BCUT2D eigenvalue weighted by atomic mass is 9.64. The third kappa shape index (κ3) is 1.93. The van der Waals surface area contributed by atoms with Crippen molar-refractivity contribution in [3.8, 4) is 0 Å². The summed E-state index contributed by atoms with van der Waals surface area (Å²) in [6, 6.07) is 0.101. The van der Waals surface area contributed by atoms with Crippen LogP contribution in [0.3, 0.4) is 0 Å². The second-order valence-electron chi connectivity index (χ2n) is 5.07. The molecule has 1 aromatic rings. The average Bonchev–Trinajstić information content (AvgIpc) is 2.29. The maximum absolute atomic E-state index is 11.6. The number of aliphatic hydroxyl groups excluding tert-OH is 1. The lowest BCUT2D eigenvalue weighted by Gasteiger charge is -2.49. The highest BCUT2D eigenvalue weighted by molar-refractivity contribution is 6.32. The molecule has 0 aliphatic heterocycles. The number of nitrogens with zero attached hydrogens (tertiary/aromatic N) is 2. The van der Waals surface area contributed by atoms with Crippen molar-refractivity contribution in [2.45, 2.75) is 32.4 Å². The lowest BCUT2D eigenvalue weighted by molar-refractivity contribution is -0.0510. The highest BCUT2D eigenvalue weighted by Crippen LogP contribution is 2.42. The first-order valence-electron chi connectivity index (χ1n) is 5.50. The molecule has 0 spiro atoms. The van der Waals surface area contributed by atoms with Crippen molar-refractivity contribution in [1.29, 1.82) is 0 Å². The van der Waals surface area contributed by atoms with E-state index >= 15 is 0 Å². The molecule has 0 radical (unpaired) electrons. The van der Waals surface area contributed by atoms with Gasteiger partial charge < -0.3 is 10.4 Å². The Morgan fingerprint density at radius 1 is 1.65 bits per heavy atom. The molecule has 6 heteroatoms. The minimum Gasteiger partial charge on any atom is -0.392 e. The number of anilines is 1. The molecule has 0 amide bonds. The number of hydrogen-bond acceptors (Lipinski definition) is 4. The number of halogens is 1. The maximum atomic E-state index is 11.6. The van der Waals surface area contributed by atoms with E-state index in [-0.39, 0.29) is 28.1 Å². The molecule has 1 aliphatic carbocycles. The van der Waals surface area contributed by atoms with Crippen molar-refractivity contribution < 1.29 is 5.11 Å². The van der Waals surface area contributed by atoms with E-state index in [0.29, 0.717) is 12.1 Å². The van der Waals surface area contributed by atoms with Crippen molar-refractivity contribution >= 4 is 17.3 Å². The van der Waals surface area contributed by atoms with Crippen LogP contribution in [0.25, 0.3) is 0 Å². The summed E-state index contributed by atoms with van der Waals surface area (Å²) in [5.41, 5.74) is -0.0150. The summed E-state index contributed by atoms with van der Waals surface area (Å²) in [6.45, 7) is 3.95. The summed E-state index contributed by atoms with van der Waals surface area (Å²) >= 11 is 5.95. The van der Waals surface area contributed by atoms with E-state index < -0.39 is 0 Å². The van der Waals surface area contributed by atoms with Crippen LogP contribution in [0, 0.1) is 5.41 Å². The molecule has 1 saturated carbocycles. The highest BCUT2D eigenvalue weighted by Gasteiger charge is 2.47. The fourth-order valence-electron chi connectivity index (χ4n) is 1.95. The molecule has 5 nitrogen and oxygen atoms in total. The van der Waals surface area contributed by atoms with Gasteiger partial charge in [-0.2, -0.15) is 5.10 Å². The van der Waals surface area contributed by atoms with Gasteiger partial charge >= 0.3 is 0 Å². The monoisotopic (exact) mass is 257 g/mol. The van der Waals surface area contributed by atoms with Gasteiger partial charge in [0, 0.05) is 18.5 Å². The molecule has 0 saturated heterocycles. The van der Waals surface area contributed by atoms with Crippen LogP contribution in [0.4, 0.5) is 5.69 Å². The van der Waals surface area contributed by atoms with E-state index in [4.69, 9.17) is 11.6 Å². The average molecular weight is 258 g/mol. The Morgan fingerprint density at radius 2 is 2.29 bits per heavy atom. The molecule has 2 atom stereocenters. The van der Waals surface area contributed by atoms with E-state index in [1.165, 1.54) is 10.9 Å². The normalized spacial score (nSPS) is 26.4. The molecule has 17 heavy (non-hydrogen) atoms. The van der Waals surface area contributed by atoms with Crippen LogP contribution < -0.4 is 10.9 Å². The van der Waals surface area contributed by atoms with Gasteiger partial charge in [0.25, 0.3) is 5.56 Å². The van der Waals surface area contributed by atoms with Gasteiger partial charge in [-0.3, -0.25) is 4.79 Å². The third-order valence-corrected chi connectivity index (χ3v) is 3.99. The molecule has 1 aromatic heterocycles. The van der Waals surface area contributed by atoms with Gasteiger partial charge in [0.15, 0.2) is 0 Å². The van der Waals surface area contributed by atoms with Crippen molar-refractivity contribution in [2.75, 3.05) is 5.32 Å². The topological polar surface area (TPSA) is 67.2 Å². The minimum absolute atomic E-state index is 0.101. The summed E-state index contributed by atoms with van der Waals surface area (Å²) in [5.74, 6) is 0. The fourth-order valence-corrected chi connectivity index (χ4v) is 2.17. The first kappa shape index (κ1) is 12.4. The molecule has 1 aliphatic rings. The van der Waals surface area contributed by atoms with E-state index in [9.17, 15) is 9.90 Å². The predicted molar refractivity (Wildman–Crippen MR) is 66.3 cm³/mol. The molecular weight excluding hydrogens is 242 g/mol. The number of nitrogens with one attached hydrogen (secondary N) is 1. The van der Waals surface area contributed by atoms with Gasteiger partial charge in [0.2, 0.25) is 0 Å². The van der Waals surface area contributed by atoms with Gasteiger partial charge in [-0.1, -0.05) is 25.4 Å². The van der Waals surface area contributed by atoms with Crippen LogP contribution in [0.2, 0.25) is 5.02 Å². The molecule has 0 aromatic carbocycles. The Bertz CT molecular complexity index is 498. The summed E-state index contributed by atoms with van der Waals surface area (Å²) in [7, 11) is 1.55. The first-order chi connectivity index (χ1) is 7.84. The minimum atomic E-state index is -0.325. The summed E-state index contributed by atoms with van der Waals surface area (Å²) < 4.78 is 1.19. The SMILES string of the molecule is Cn1ncc(NC2CC(O)C2(C)C)c(Cl)c1=O. The lowest BCUT2D eigenvalue weighted by Crippen LogP contribution is -2.57. The summed E-state index contributed by atoms with van der Waals surface area (Å²) in [5, 5.41) is 16.9. The van der Waals surface area contributed by atoms with E-state index in [2.05, 4.69) is 10.4 Å². The van der Waals surface area contributed by atoms with Crippen LogP contribution in [0.15, 0.2) is 11.0 Å². The Balaban J connectivity index is 2.22. The highest BCUT2D eigenvalue weighted by atomic mass is 35.5. The van der Waals surface area contributed by atoms with Crippen LogP contribution in [0.5, 0.6) is 0 Å². The van der Waals surface area contributed by atoms with Gasteiger partial charge in [-0.25, -0.2) is 4.68 Å². The Labute approximate surface area is 104 Å². The Kier molecular flexibility index (Phi) is 2.91. The van der Waals surface area contributed by atoms with E-state index in [0.717, 1.165) is 0 Å². The van der Waals surface area contributed by atoms with Gasteiger partial charge in [-0.15, -0.1) is 0 Å². The summed E-state index contributed by atoms with van der Waals surface area (Å²) in [4.78, 5) is 11.6. The van der Waals surface area contributed by atoms with Crippen molar-refractivity contribution in [1.82, 2.24) is 9.78 Å². The number of aromatic nitrogens is 2.